The minimum Gasteiger partial charge on any atom is -0.485 e. The van der Waals surface area contributed by atoms with Gasteiger partial charge in [-0.05, 0) is 57.6 Å². The first-order valence-corrected chi connectivity index (χ1v) is 10.9. The number of piperidine rings is 1. The summed E-state index contributed by atoms with van der Waals surface area (Å²) < 4.78 is 47.9. The van der Waals surface area contributed by atoms with Gasteiger partial charge in [0.2, 0.25) is 5.95 Å². The van der Waals surface area contributed by atoms with Crippen LogP contribution in [0.4, 0.5) is 13.2 Å². The first-order chi connectivity index (χ1) is 15.0. The number of hydrogen-bond donors (Lipinski definition) is 2. The SMILES string of the molecule is CNCCN1CCC(NC2CC2c2cc(F)cc(F)c2OCc2cccnc2F)CC1. The molecule has 2 N–H and O–H groups in total. The molecular formula is C23H29F3N4O. The van der Waals surface area contributed by atoms with E-state index in [0.29, 0.717) is 11.6 Å². The van der Waals surface area contributed by atoms with Crippen LogP contribution in [-0.4, -0.2) is 55.2 Å². The number of halogens is 3. The van der Waals surface area contributed by atoms with Crippen molar-refractivity contribution in [1.29, 1.82) is 0 Å². The number of nitrogens with one attached hydrogen (secondary N) is 2. The van der Waals surface area contributed by atoms with Crippen molar-refractivity contribution in [3.63, 3.8) is 0 Å². The van der Waals surface area contributed by atoms with Gasteiger partial charge >= 0.3 is 0 Å². The quantitative estimate of drug-likeness (QED) is 0.594. The summed E-state index contributed by atoms with van der Waals surface area (Å²) in [7, 11) is 1.96. The maximum absolute atomic E-state index is 14.5. The summed E-state index contributed by atoms with van der Waals surface area (Å²) >= 11 is 0. The van der Waals surface area contributed by atoms with E-state index in [-0.39, 0.29) is 29.9 Å². The molecule has 1 aromatic carbocycles. The van der Waals surface area contributed by atoms with Gasteiger partial charge in [-0.2, -0.15) is 4.39 Å². The van der Waals surface area contributed by atoms with Crippen LogP contribution < -0.4 is 15.4 Å². The van der Waals surface area contributed by atoms with Crippen molar-refractivity contribution in [3.8, 4) is 5.75 Å². The Labute approximate surface area is 181 Å². The predicted octanol–water partition coefficient (Wildman–Crippen LogP) is 3.21. The smallest absolute Gasteiger partial charge is 0.219 e. The number of rotatable bonds is 9. The molecule has 1 saturated carbocycles. The van der Waals surface area contributed by atoms with Gasteiger partial charge in [-0.1, -0.05) is 0 Å². The van der Waals surface area contributed by atoms with Crippen LogP contribution in [0, 0.1) is 17.6 Å². The van der Waals surface area contributed by atoms with Crippen molar-refractivity contribution in [3.05, 3.63) is 59.2 Å². The highest BCUT2D eigenvalue weighted by molar-refractivity contribution is 5.42. The summed E-state index contributed by atoms with van der Waals surface area (Å²) in [6, 6.07) is 5.86. The molecular weight excluding hydrogens is 405 g/mol. The second-order valence-corrected chi connectivity index (χ2v) is 8.38. The fourth-order valence-electron chi connectivity index (χ4n) is 4.30. The zero-order valence-electron chi connectivity index (χ0n) is 17.7. The highest BCUT2D eigenvalue weighted by Gasteiger charge is 2.42. The fourth-order valence-corrected chi connectivity index (χ4v) is 4.30. The van der Waals surface area contributed by atoms with Crippen LogP contribution >= 0.6 is 0 Å². The lowest BCUT2D eigenvalue weighted by atomic mass is 10.0. The number of likely N-dealkylation sites (tertiary alicyclic amines) is 1. The maximum Gasteiger partial charge on any atom is 0.219 e. The van der Waals surface area contributed by atoms with Crippen LogP contribution in [0.15, 0.2) is 30.5 Å². The van der Waals surface area contributed by atoms with Gasteiger partial charge in [0, 0.05) is 54.5 Å². The molecule has 1 aromatic heterocycles. The topological polar surface area (TPSA) is 49.4 Å². The molecule has 31 heavy (non-hydrogen) atoms. The van der Waals surface area contributed by atoms with E-state index in [1.807, 2.05) is 7.05 Å². The van der Waals surface area contributed by atoms with Crippen LogP contribution in [-0.2, 0) is 6.61 Å². The summed E-state index contributed by atoms with van der Waals surface area (Å²) in [6.07, 6.45) is 4.27. The number of hydrogen-bond acceptors (Lipinski definition) is 5. The Kier molecular flexibility index (Phi) is 7.09. The minimum absolute atomic E-state index is 0.000776. The van der Waals surface area contributed by atoms with E-state index >= 15 is 0 Å². The van der Waals surface area contributed by atoms with Crippen LogP contribution in [0.1, 0.15) is 36.3 Å². The van der Waals surface area contributed by atoms with Crippen molar-refractivity contribution in [2.45, 2.75) is 43.9 Å². The lowest BCUT2D eigenvalue weighted by molar-refractivity contribution is 0.198. The van der Waals surface area contributed by atoms with E-state index in [2.05, 4.69) is 20.5 Å². The Hall–Kier alpha value is -2.16. The van der Waals surface area contributed by atoms with Crippen molar-refractivity contribution in [1.82, 2.24) is 20.5 Å². The van der Waals surface area contributed by atoms with Crippen molar-refractivity contribution in [2.24, 2.45) is 0 Å². The monoisotopic (exact) mass is 434 g/mol. The van der Waals surface area contributed by atoms with Crippen molar-refractivity contribution >= 4 is 0 Å². The average Bonchev–Trinajstić information content (AvgIpc) is 3.52. The standard InChI is InChI=1S/C23H29F3N4O/c1-27-7-10-30-8-4-17(5-9-30)29-21-13-18(21)19-11-16(24)12-20(25)22(19)31-14-15-3-2-6-28-23(15)26/h2-3,6,11-12,17-18,21,27,29H,4-5,7-10,13-14H2,1H3. The minimum atomic E-state index is -0.761. The molecule has 2 aromatic rings. The summed E-state index contributed by atoms with van der Waals surface area (Å²) in [6.45, 7) is 3.98. The van der Waals surface area contributed by atoms with Gasteiger partial charge in [0.25, 0.3) is 0 Å². The molecule has 2 heterocycles. The van der Waals surface area contributed by atoms with Crippen molar-refractivity contribution in [2.75, 3.05) is 33.2 Å². The van der Waals surface area contributed by atoms with E-state index in [9.17, 15) is 13.2 Å². The molecule has 2 aliphatic rings. The van der Waals surface area contributed by atoms with Gasteiger partial charge < -0.3 is 20.3 Å². The summed E-state index contributed by atoms with van der Waals surface area (Å²) in [5.74, 6) is -2.06. The van der Waals surface area contributed by atoms with Crippen LogP contribution in [0.3, 0.4) is 0 Å². The summed E-state index contributed by atoms with van der Waals surface area (Å²) in [4.78, 5) is 6.03. The molecule has 4 rings (SSSR count). The van der Waals surface area contributed by atoms with Gasteiger partial charge in [-0.3, -0.25) is 0 Å². The van der Waals surface area contributed by atoms with E-state index in [0.717, 1.165) is 51.5 Å². The molecule has 8 heteroatoms. The number of pyridine rings is 1. The first-order valence-electron chi connectivity index (χ1n) is 10.9. The third-order valence-electron chi connectivity index (χ3n) is 6.15. The third kappa shape index (κ3) is 5.56. The van der Waals surface area contributed by atoms with E-state index < -0.39 is 17.6 Å². The van der Waals surface area contributed by atoms with E-state index in [1.165, 1.54) is 18.3 Å². The fraction of sp³-hybridized carbons (Fsp3) is 0.522. The molecule has 1 saturated heterocycles. The molecule has 2 fully saturated rings. The van der Waals surface area contributed by atoms with E-state index in [4.69, 9.17) is 4.74 Å². The molecule has 5 nitrogen and oxygen atoms in total. The number of ether oxygens (including phenoxy) is 1. The van der Waals surface area contributed by atoms with Gasteiger partial charge in [0.05, 0.1) is 0 Å². The lowest BCUT2D eigenvalue weighted by Gasteiger charge is -2.32. The average molecular weight is 435 g/mol. The number of aromatic nitrogens is 1. The number of benzene rings is 1. The molecule has 0 bridgehead atoms. The normalized spacial score (nSPS) is 21.9. The number of likely N-dealkylation sites (N-methyl/N-ethyl adjacent to an activating group) is 1. The molecule has 2 unspecified atom stereocenters. The lowest BCUT2D eigenvalue weighted by Crippen LogP contribution is -2.45. The number of nitrogens with zero attached hydrogens (tertiary/aromatic N) is 2. The predicted molar refractivity (Wildman–Crippen MR) is 113 cm³/mol. The van der Waals surface area contributed by atoms with Crippen molar-refractivity contribution < 1.29 is 17.9 Å². The van der Waals surface area contributed by atoms with Gasteiger partial charge in [-0.25, -0.2) is 13.8 Å². The van der Waals surface area contributed by atoms with Gasteiger partial charge in [-0.15, -0.1) is 0 Å². The molecule has 2 atom stereocenters. The Morgan fingerprint density at radius 2 is 2.00 bits per heavy atom. The van der Waals surface area contributed by atoms with Gasteiger partial charge in [0.1, 0.15) is 12.4 Å². The zero-order chi connectivity index (χ0) is 21.8. The highest BCUT2D eigenvalue weighted by atomic mass is 19.1. The van der Waals surface area contributed by atoms with Gasteiger partial charge in [0.15, 0.2) is 11.6 Å². The largest absolute Gasteiger partial charge is 0.485 e. The second-order valence-electron chi connectivity index (χ2n) is 8.38. The van der Waals surface area contributed by atoms with E-state index in [1.54, 1.807) is 6.07 Å². The summed E-state index contributed by atoms with van der Waals surface area (Å²) in [5, 5.41) is 6.83. The second kappa shape index (κ2) is 9.97. The molecule has 0 radical (unpaired) electrons. The molecule has 168 valence electrons. The first kappa shape index (κ1) is 22.0. The summed E-state index contributed by atoms with van der Waals surface area (Å²) in [5.41, 5.74) is 0.735. The Bertz CT molecular complexity index is 889. The zero-order valence-corrected chi connectivity index (χ0v) is 17.7. The third-order valence-corrected chi connectivity index (χ3v) is 6.15. The van der Waals surface area contributed by atoms with Crippen LogP contribution in [0.5, 0.6) is 5.75 Å². The Morgan fingerprint density at radius 3 is 2.74 bits per heavy atom. The Morgan fingerprint density at radius 1 is 1.19 bits per heavy atom. The van der Waals surface area contributed by atoms with Crippen LogP contribution in [0.25, 0.3) is 0 Å². The Balaban J connectivity index is 1.37. The maximum atomic E-state index is 14.5. The highest BCUT2D eigenvalue weighted by Crippen LogP contribution is 2.46. The molecule has 1 aliphatic heterocycles. The van der Waals surface area contributed by atoms with Crippen LogP contribution in [0.2, 0.25) is 0 Å². The molecule has 0 amide bonds. The molecule has 1 aliphatic carbocycles. The molecule has 0 spiro atoms.